The van der Waals surface area contributed by atoms with Crippen LogP contribution in [0.5, 0.6) is 11.5 Å². The maximum Gasteiger partial charge on any atom is 0.225 e. The van der Waals surface area contributed by atoms with Gasteiger partial charge in [-0.1, -0.05) is 24.3 Å². The summed E-state index contributed by atoms with van der Waals surface area (Å²) in [5.74, 6) is 1.35. The van der Waals surface area contributed by atoms with E-state index >= 15 is 0 Å². The number of carbonyl (C=O) groups excluding carboxylic acids is 1. The number of hydrogen-bond acceptors (Lipinski definition) is 3. The van der Waals surface area contributed by atoms with Crippen molar-refractivity contribution in [3.05, 3.63) is 58.7 Å². The highest BCUT2D eigenvalue weighted by Gasteiger charge is 2.28. The Labute approximate surface area is 130 Å². The highest BCUT2D eigenvalue weighted by Crippen LogP contribution is 2.38. The Hall–Kier alpha value is -2.49. The molecule has 0 unspecified atom stereocenters. The largest absolute Gasteiger partial charge is 0.493 e. The number of methoxy groups -OCH3 is 2. The third-order valence-electron chi connectivity index (χ3n) is 4.11. The van der Waals surface area contributed by atoms with Crippen LogP contribution < -0.4 is 14.8 Å². The zero-order chi connectivity index (χ0) is 15.7. The molecular weight excluding hydrogens is 278 g/mol. The van der Waals surface area contributed by atoms with Gasteiger partial charge in [-0.3, -0.25) is 4.79 Å². The zero-order valence-corrected chi connectivity index (χ0v) is 13.0. The molecule has 1 amide bonds. The fourth-order valence-corrected chi connectivity index (χ4v) is 2.98. The minimum atomic E-state index is -0.155. The molecule has 4 heteroatoms. The van der Waals surface area contributed by atoms with Crippen molar-refractivity contribution in [1.82, 2.24) is 5.32 Å². The molecule has 1 N–H and O–H groups in total. The number of nitrogens with one attached hydrogen (secondary N) is 1. The van der Waals surface area contributed by atoms with Crippen LogP contribution in [-0.4, -0.2) is 20.1 Å². The van der Waals surface area contributed by atoms with Gasteiger partial charge in [0.05, 0.1) is 26.7 Å². The maximum absolute atomic E-state index is 12.1. The average molecular weight is 297 g/mol. The Morgan fingerprint density at radius 1 is 1.05 bits per heavy atom. The van der Waals surface area contributed by atoms with E-state index in [9.17, 15) is 4.79 Å². The lowest BCUT2D eigenvalue weighted by atomic mass is 9.87. The minimum absolute atomic E-state index is 0.0213. The normalized spacial score (nSPS) is 16.7. The van der Waals surface area contributed by atoms with Crippen LogP contribution in [0.1, 0.15) is 28.3 Å². The van der Waals surface area contributed by atoms with Gasteiger partial charge in [-0.2, -0.15) is 0 Å². The zero-order valence-electron chi connectivity index (χ0n) is 13.0. The molecule has 0 aliphatic carbocycles. The highest BCUT2D eigenvalue weighted by molar-refractivity contribution is 5.83. The van der Waals surface area contributed by atoms with Crippen molar-refractivity contribution >= 4 is 5.91 Å². The van der Waals surface area contributed by atoms with Gasteiger partial charge in [0.2, 0.25) is 5.91 Å². The molecule has 1 aliphatic rings. The second kappa shape index (κ2) is 5.72. The molecule has 0 saturated heterocycles. The predicted molar refractivity (Wildman–Crippen MR) is 84.4 cm³/mol. The number of aryl methyl sites for hydroxylation is 1. The first-order chi connectivity index (χ1) is 10.6. The SMILES string of the molecule is COc1cc2c(cc1OC)[C@H](c1ccccc1C)NC(=O)C2. The van der Waals surface area contributed by atoms with E-state index in [1.165, 1.54) is 0 Å². The third-order valence-corrected chi connectivity index (χ3v) is 4.11. The molecule has 0 aromatic heterocycles. The van der Waals surface area contributed by atoms with Crippen LogP contribution in [-0.2, 0) is 11.2 Å². The summed E-state index contributed by atoms with van der Waals surface area (Å²) < 4.78 is 10.8. The third kappa shape index (κ3) is 2.41. The quantitative estimate of drug-likeness (QED) is 0.947. The van der Waals surface area contributed by atoms with Gasteiger partial charge >= 0.3 is 0 Å². The lowest BCUT2D eigenvalue weighted by Gasteiger charge is -2.29. The van der Waals surface area contributed by atoms with Crippen molar-refractivity contribution in [3.63, 3.8) is 0 Å². The summed E-state index contributed by atoms with van der Waals surface area (Å²) in [6, 6.07) is 11.8. The van der Waals surface area contributed by atoms with Gasteiger partial charge in [0.1, 0.15) is 0 Å². The van der Waals surface area contributed by atoms with Crippen LogP contribution >= 0.6 is 0 Å². The molecule has 1 aliphatic heterocycles. The molecule has 0 bridgehead atoms. The number of benzene rings is 2. The second-order valence-electron chi connectivity index (χ2n) is 5.44. The second-order valence-corrected chi connectivity index (χ2v) is 5.44. The van der Waals surface area contributed by atoms with E-state index in [2.05, 4.69) is 18.3 Å². The van der Waals surface area contributed by atoms with Gasteiger partial charge in [0.15, 0.2) is 11.5 Å². The lowest BCUT2D eigenvalue weighted by molar-refractivity contribution is -0.121. The number of carbonyl (C=O) groups is 1. The summed E-state index contributed by atoms with van der Waals surface area (Å²) in [7, 11) is 3.22. The molecule has 114 valence electrons. The van der Waals surface area contributed by atoms with Crippen LogP contribution in [0, 0.1) is 6.92 Å². The smallest absolute Gasteiger partial charge is 0.225 e. The molecule has 1 atom stereocenters. The Morgan fingerprint density at radius 2 is 1.73 bits per heavy atom. The molecule has 4 nitrogen and oxygen atoms in total. The van der Waals surface area contributed by atoms with Crippen LogP contribution in [0.3, 0.4) is 0 Å². The Balaban J connectivity index is 2.16. The molecule has 0 spiro atoms. The first-order valence-corrected chi connectivity index (χ1v) is 7.23. The number of amides is 1. The summed E-state index contributed by atoms with van der Waals surface area (Å²) in [6.07, 6.45) is 0.359. The van der Waals surface area contributed by atoms with Gasteiger partial charge < -0.3 is 14.8 Å². The predicted octanol–water partition coefficient (Wildman–Crippen LogP) is 2.77. The number of ether oxygens (including phenoxy) is 2. The first-order valence-electron chi connectivity index (χ1n) is 7.23. The molecule has 2 aromatic carbocycles. The molecule has 0 fully saturated rings. The Kier molecular flexibility index (Phi) is 3.75. The summed E-state index contributed by atoms with van der Waals surface area (Å²) in [5, 5.41) is 3.08. The van der Waals surface area contributed by atoms with E-state index in [1.54, 1.807) is 14.2 Å². The molecule has 0 saturated carbocycles. The summed E-state index contributed by atoms with van der Waals surface area (Å²) in [4.78, 5) is 12.1. The summed E-state index contributed by atoms with van der Waals surface area (Å²) in [5.41, 5.74) is 4.29. The highest BCUT2D eigenvalue weighted by atomic mass is 16.5. The first kappa shape index (κ1) is 14.4. The molecule has 2 aromatic rings. The molecule has 0 radical (unpaired) electrons. The lowest BCUT2D eigenvalue weighted by Crippen LogP contribution is -2.36. The van der Waals surface area contributed by atoms with E-state index in [-0.39, 0.29) is 11.9 Å². The van der Waals surface area contributed by atoms with E-state index in [0.717, 1.165) is 22.3 Å². The Bertz CT molecular complexity index is 724. The van der Waals surface area contributed by atoms with Crippen molar-refractivity contribution in [1.29, 1.82) is 0 Å². The van der Waals surface area contributed by atoms with Gasteiger partial charge in [-0.05, 0) is 41.3 Å². The maximum atomic E-state index is 12.1. The minimum Gasteiger partial charge on any atom is -0.493 e. The van der Waals surface area contributed by atoms with Gasteiger partial charge in [0.25, 0.3) is 0 Å². The van der Waals surface area contributed by atoms with Gasteiger partial charge in [-0.15, -0.1) is 0 Å². The van der Waals surface area contributed by atoms with Gasteiger partial charge in [-0.25, -0.2) is 0 Å². The molecule has 1 heterocycles. The van der Waals surface area contributed by atoms with Crippen molar-refractivity contribution in [2.24, 2.45) is 0 Å². The average Bonchev–Trinajstić information content (AvgIpc) is 2.53. The van der Waals surface area contributed by atoms with Crippen molar-refractivity contribution < 1.29 is 14.3 Å². The standard InChI is InChI=1S/C18H19NO3/c1-11-6-4-5-7-13(11)18-14-10-16(22-3)15(21-2)8-12(14)9-17(20)19-18/h4-8,10,18H,9H2,1-3H3,(H,19,20)/t18-/m0/s1. The van der Waals surface area contributed by atoms with Crippen molar-refractivity contribution in [3.8, 4) is 11.5 Å². The van der Waals surface area contributed by atoms with E-state index in [0.29, 0.717) is 17.9 Å². The fraction of sp³-hybridized carbons (Fsp3) is 0.278. The number of hydrogen-bond donors (Lipinski definition) is 1. The topological polar surface area (TPSA) is 47.6 Å². The van der Waals surface area contributed by atoms with Crippen LogP contribution in [0.4, 0.5) is 0 Å². The monoisotopic (exact) mass is 297 g/mol. The van der Waals surface area contributed by atoms with E-state index < -0.39 is 0 Å². The van der Waals surface area contributed by atoms with E-state index in [4.69, 9.17) is 9.47 Å². The van der Waals surface area contributed by atoms with Crippen LogP contribution in [0.15, 0.2) is 36.4 Å². The summed E-state index contributed by atoms with van der Waals surface area (Å²) in [6.45, 7) is 2.05. The molecule has 22 heavy (non-hydrogen) atoms. The fourth-order valence-electron chi connectivity index (χ4n) is 2.98. The van der Waals surface area contributed by atoms with Crippen LogP contribution in [0.25, 0.3) is 0 Å². The van der Waals surface area contributed by atoms with Crippen molar-refractivity contribution in [2.75, 3.05) is 14.2 Å². The van der Waals surface area contributed by atoms with Crippen LogP contribution in [0.2, 0.25) is 0 Å². The molecular formula is C18H19NO3. The van der Waals surface area contributed by atoms with Crippen molar-refractivity contribution in [2.45, 2.75) is 19.4 Å². The van der Waals surface area contributed by atoms with E-state index in [1.807, 2.05) is 30.3 Å². The number of fused-ring (bicyclic) bond motifs is 1. The summed E-state index contributed by atoms with van der Waals surface area (Å²) >= 11 is 0. The van der Waals surface area contributed by atoms with Gasteiger partial charge in [0, 0.05) is 0 Å². The number of rotatable bonds is 3. The molecule has 3 rings (SSSR count). The Morgan fingerprint density at radius 3 is 2.41 bits per heavy atom.